The minimum atomic E-state index is -0.285. The third-order valence-electron chi connectivity index (χ3n) is 2.50. The van der Waals surface area contributed by atoms with Crippen molar-refractivity contribution in [1.29, 1.82) is 0 Å². The number of rotatable bonds is 3. The molecule has 0 atom stereocenters. The lowest BCUT2D eigenvalue weighted by atomic mass is 10.1. The number of halogens is 1. The van der Waals surface area contributed by atoms with E-state index in [0.717, 1.165) is 4.47 Å². The summed E-state index contributed by atoms with van der Waals surface area (Å²) in [6.07, 6.45) is 0. The Kier molecular flexibility index (Phi) is 4.57. The molecule has 2 aromatic rings. The van der Waals surface area contributed by atoms with Crippen LogP contribution in [0.4, 0.5) is 11.5 Å². The Morgan fingerprint density at radius 2 is 1.71 bits per heavy atom. The third-order valence-corrected chi connectivity index (χ3v) is 3.03. The van der Waals surface area contributed by atoms with Crippen molar-refractivity contribution >= 4 is 33.3 Å². The van der Waals surface area contributed by atoms with Crippen molar-refractivity contribution in [2.75, 3.05) is 10.6 Å². The molecule has 2 N–H and O–H groups in total. The molecule has 0 saturated carbocycles. The van der Waals surface area contributed by atoms with Gasteiger partial charge in [0.15, 0.2) is 5.69 Å². The van der Waals surface area contributed by atoms with Gasteiger partial charge < -0.3 is 10.6 Å². The molecule has 2 rings (SSSR count). The number of nitrogens with one attached hydrogen (secondary N) is 2. The lowest BCUT2D eigenvalue weighted by molar-refractivity contribution is 0.102. The van der Waals surface area contributed by atoms with Crippen molar-refractivity contribution in [2.24, 2.45) is 0 Å². The van der Waals surface area contributed by atoms with Gasteiger partial charge in [0.1, 0.15) is 5.82 Å². The monoisotopic (exact) mass is 348 g/mol. The highest BCUT2D eigenvalue weighted by molar-refractivity contribution is 9.10. The first-order valence-corrected chi connectivity index (χ1v) is 7.32. The number of carbonyl (C=O) groups is 1. The first-order valence-electron chi connectivity index (χ1n) is 6.52. The highest BCUT2D eigenvalue weighted by atomic mass is 79.9. The van der Waals surface area contributed by atoms with Crippen LogP contribution in [0.1, 0.15) is 31.3 Å². The molecule has 0 saturated heterocycles. The number of aromatic nitrogens is 2. The van der Waals surface area contributed by atoms with Crippen molar-refractivity contribution in [3.63, 3.8) is 0 Å². The average molecular weight is 349 g/mol. The zero-order valence-corrected chi connectivity index (χ0v) is 13.7. The molecule has 6 heteroatoms. The fourth-order valence-corrected chi connectivity index (χ4v) is 1.90. The zero-order valence-electron chi connectivity index (χ0n) is 12.1. The summed E-state index contributed by atoms with van der Waals surface area (Å²) in [5, 5.41) is 13.9. The summed E-state index contributed by atoms with van der Waals surface area (Å²) in [5.41, 5.74) is 0.884. The Balaban J connectivity index is 2.04. The second-order valence-corrected chi connectivity index (χ2v) is 6.56. The predicted octanol–water partition coefficient (Wildman–Crippen LogP) is 3.70. The van der Waals surface area contributed by atoms with Crippen LogP contribution in [0.3, 0.4) is 0 Å². The standard InChI is InChI=1S/C15H17BrN4O/c1-15(2,3)18-13-9-8-12(19-20-13)14(21)17-11-6-4-10(16)5-7-11/h4-9H,1-3H3,(H,17,21)(H,18,20). The van der Waals surface area contributed by atoms with Crippen LogP contribution < -0.4 is 10.6 Å². The molecule has 1 aromatic carbocycles. The van der Waals surface area contributed by atoms with Crippen molar-refractivity contribution < 1.29 is 4.79 Å². The van der Waals surface area contributed by atoms with Gasteiger partial charge in [0.25, 0.3) is 5.91 Å². The van der Waals surface area contributed by atoms with Crippen LogP contribution in [0.5, 0.6) is 0 Å². The quantitative estimate of drug-likeness (QED) is 0.887. The number of amides is 1. The van der Waals surface area contributed by atoms with E-state index in [1.165, 1.54) is 0 Å². The van der Waals surface area contributed by atoms with Gasteiger partial charge in [0.2, 0.25) is 0 Å². The van der Waals surface area contributed by atoms with Crippen molar-refractivity contribution in [2.45, 2.75) is 26.3 Å². The summed E-state index contributed by atoms with van der Waals surface area (Å²) in [7, 11) is 0. The van der Waals surface area contributed by atoms with Gasteiger partial charge in [0, 0.05) is 15.7 Å². The van der Waals surface area contributed by atoms with Gasteiger partial charge in [-0.05, 0) is 57.2 Å². The van der Waals surface area contributed by atoms with Crippen LogP contribution >= 0.6 is 15.9 Å². The van der Waals surface area contributed by atoms with Crippen LogP contribution in [0.25, 0.3) is 0 Å². The fourth-order valence-electron chi connectivity index (χ4n) is 1.63. The molecule has 0 radical (unpaired) electrons. The second kappa shape index (κ2) is 6.22. The molecule has 0 unspecified atom stereocenters. The summed E-state index contributed by atoms with van der Waals surface area (Å²) in [5.74, 6) is 0.356. The first-order chi connectivity index (χ1) is 9.83. The van der Waals surface area contributed by atoms with E-state index in [4.69, 9.17) is 0 Å². The number of anilines is 2. The van der Waals surface area contributed by atoms with E-state index in [0.29, 0.717) is 11.5 Å². The SMILES string of the molecule is CC(C)(C)Nc1ccc(C(=O)Nc2ccc(Br)cc2)nn1. The average Bonchev–Trinajstić information content (AvgIpc) is 2.40. The van der Waals surface area contributed by atoms with Crippen molar-refractivity contribution in [3.8, 4) is 0 Å². The Morgan fingerprint density at radius 3 is 2.24 bits per heavy atom. The highest BCUT2D eigenvalue weighted by Crippen LogP contribution is 2.15. The topological polar surface area (TPSA) is 66.9 Å². The molecule has 0 aliphatic rings. The number of hydrogen-bond acceptors (Lipinski definition) is 4. The van der Waals surface area contributed by atoms with E-state index in [-0.39, 0.29) is 17.1 Å². The molecule has 1 heterocycles. The van der Waals surface area contributed by atoms with E-state index < -0.39 is 0 Å². The number of hydrogen-bond donors (Lipinski definition) is 2. The lowest BCUT2D eigenvalue weighted by Crippen LogP contribution is -2.27. The van der Waals surface area contributed by atoms with Crippen LogP contribution in [0.15, 0.2) is 40.9 Å². The minimum Gasteiger partial charge on any atom is -0.364 e. The third kappa shape index (κ3) is 4.82. The van der Waals surface area contributed by atoms with E-state index in [9.17, 15) is 4.79 Å². The molecule has 0 aliphatic carbocycles. The van der Waals surface area contributed by atoms with Crippen LogP contribution in [0.2, 0.25) is 0 Å². The molecular weight excluding hydrogens is 332 g/mol. The van der Waals surface area contributed by atoms with Gasteiger partial charge in [0.05, 0.1) is 0 Å². The zero-order chi connectivity index (χ0) is 15.5. The maximum absolute atomic E-state index is 12.0. The van der Waals surface area contributed by atoms with Gasteiger partial charge in [-0.25, -0.2) is 0 Å². The Hall–Kier alpha value is -1.95. The van der Waals surface area contributed by atoms with Gasteiger partial charge in [-0.1, -0.05) is 15.9 Å². The minimum absolute atomic E-state index is 0.101. The van der Waals surface area contributed by atoms with Crippen LogP contribution in [0, 0.1) is 0 Å². The van der Waals surface area contributed by atoms with Gasteiger partial charge in [-0.2, -0.15) is 0 Å². The number of benzene rings is 1. The number of nitrogens with zero attached hydrogens (tertiary/aromatic N) is 2. The first kappa shape index (κ1) is 15.4. The molecule has 0 bridgehead atoms. The predicted molar refractivity (Wildman–Crippen MR) is 87.5 cm³/mol. The molecule has 110 valence electrons. The summed E-state index contributed by atoms with van der Waals surface area (Å²) in [6, 6.07) is 10.7. The molecule has 0 spiro atoms. The molecule has 1 amide bonds. The normalized spacial score (nSPS) is 11.0. The summed E-state index contributed by atoms with van der Waals surface area (Å²) in [6.45, 7) is 6.09. The Labute approximate surface area is 132 Å². The second-order valence-electron chi connectivity index (χ2n) is 5.64. The molecule has 21 heavy (non-hydrogen) atoms. The molecule has 1 aromatic heterocycles. The van der Waals surface area contributed by atoms with Crippen molar-refractivity contribution in [1.82, 2.24) is 10.2 Å². The largest absolute Gasteiger partial charge is 0.364 e. The van der Waals surface area contributed by atoms with Crippen molar-refractivity contribution in [3.05, 3.63) is 46.6 Å². The maximum Gasteiger partial charge on any atom is 0.276 e. The molecule has 0 fully saturated rings. The fraction of sp³-hybridized carbons (Fsp3) is 0.267. The van der Waals surface area contributed by atoms with Gasteiger partial charge in [-0.3, -0.25) is 4.79 Å². The Morgan fingerprint density at radius 1 is 1.05 bits per heavy atom. The Bertz CT molecular complexity index is 618. The summed E-state index contributed by atoms with van der Waals surface area (Å²) >= 11 is 3.35. The molecule has 5 nitrogen and oxygen atoms in total. The molecule has 0 aliphatic heterocycles. The van der Waals surface area contributed by atoms with Gasteiger partial charge >= 0.3 is 0 Å². The maximum atomic E-state index is 12.0. The van der Waals surface area contributed by atoms with E-state index >= 15 is 0 Å². The van der Waals surface area contributed by atoms with E-state index in [1.807, 2.05) is 45.0 Å². The van der Waals surface area contributed by atoms with E-state index in [1.54, 1.807) is 12.1 Å². The lowest BCUT2D eigenvalue weighted by Gasteiger charge is -2.20. The van der Waals surface area contributed by atoms with Crippen LogP contribution in [-0.2, 0) is 0 Å². The smallest absolute Gasteiger partial charge is 0.276 e. The van der Waals surface area contributed by atoms with E-state index in [2.05, 4.69) is 36.8 Å². The number of carbonyl (C=O) groups excluding carboxylic acids is 1. The summed E-state index contributed by atoms with van der Waals surface area (Å²) in [4.78, 5) is 12.0. The molecular formula is C15H17BrN4O. The summed E-state index contributed by atoms with van der Waals surface area (Å²) < 4.78 is 0.956. The highest BCUT2D eigenvalue weighted by Gasteiger charge is 2.12. The van der Waals surface area contributed by atoms with Gasteiger partial charge in [-0.15, -0.1) is 10.2 Å². The van der Waals surface area contributed by atoms with Crippen LogP contribution in [-0.4, -0.2) is 21.6 Å².